The largest absolute Gasteiger partial charge is 0.755 e. The number of hydrogen-bond donors (Lipinski definition) is 2. The summed E-state index contributed by atoms with van der Waals surface area (Å²) in [6.45, 7) is 6.83. The van der Waals surface area contributed by atoms with Gasteiger partial charge in [0.1, 0.15) is 11.6 Å². The number of thiophene rings is 1. The molecule has 2 N–H and O–H groups in total. The molecule has 2 unspecified atom stereocenters. The number of unbranched alkanes of at least 4 members (excludes halogenated alkanes) is 1. The number of aryl methyl sites for hydroxylation is 1. The van der Waals surface area contributed by atoms with Crippen LogP contribution >= 0.6 is 11.3 Å². The van der Waals surface area contributed by atoms with E-state index in [2.05, 4.69) is 15.6 Å². The van der Waals surface area contributed by atoms with Crippen LogP contribution in [-0.4, -0.2) is 51.3 Å². The van der Waals surface area contributed by atoms with E-state index in [0.717, 1.165) is 63.6 Å². The molecular weight excluding hydrogens is 560 g/mol. The summed E-state index contributed by atoms with van der Waals surface area (Å²) in [5.41, 5.74) is -0.376. The van der Waals surface area contributed by atoms with Gasteiger partial charge in [-0.05, 0) is 81.5 Å². The van der Waals surface area contributed by atoms with Crippen molar-refractivity contribution in [2.24, 2.45) is 4.99 Å². The van der Waals surface area contributed by atoms with Crippen molar-refractivity contribution in [2.45, 2.75) is 70.9 Å². The number of hydrogen-bond acceptors (Lipinski definition) is 8. The molecule has 1 aliphatic rings. The van der Waals surface area contributed by atoms with Crippen molar-refractivity contribution in [3.63, 3.8) is 0 Å². The summed E-state index contributed by atoms with van der Waals surface area (Å²) in [4.78, 5) is 31.8. The zero-order valence-electron chi connectivity index (χ0n) is 23.7. The summed E-state index contributed by atoms with van der Waals surface area (Å²) in [7, 11) is 0. The van der Waals surface area contributed by atoms with Crippen LogP contribution in [0.2, 0.25) is 0 Å². The molecule has 0 radical (unpaired) electrons. The number of anilines is 1. The smallest absolute Gasteiger partial charge is 0.330 e. The van der Waals surface area contributed by atoms with Crippen molar-refractivity contribution >= 4 is 56.9 Å². The second kappa shape index (κ2) is 14.1. The molecule has 9 nitrogen and oxygen atoms in total. The highest BCUT2D eigenvalue weighted by Gasteiger charge is 2.32. The first kappa shape index (κ1) is 30.7. The number of esters is 1. The summed E-state index contributed by atoms with van der Waals surface area (Å²) in [6.07, 6.45) is 3.91. The van der Waals surface area contributed by atoms with Gasteiger partial charge in [-0.2, -0.15) is 0 Å². The minimum absolute atomic E-state index is 0.0513. The molecule has 0 spiro atoms. The minimum Gasteiger partial charge on any atom is -0.755 e. The standard InChI is InChI=1S/C30H38N4O5S2/c1-30(2,3)39-28(36)26(34(41(37)38)23-14-13-21-9-4-5-10-22(21)19-23)20-25-16-15-24(40-25)11-6-7-12-27(35)33-29-31-17-8-18-32-29/h4-5,9-10,13-16,19,26H,6-8,11-12,17-18,20H2,1-3H3,(H,37,38)(H2,31,32,33,35)/p-1. The van der Waals surface area contributed by atoms with Crippen molar-refractivity contribution in [1.82, 2.24) is 10.6 Å². The molecule has 0 bridgehead atoms. The summed E-state index contributed by atoms with van der Waals surface area (Å²) in [5.74, 6) is -0.0991. The Kier molecular flexibility index (Phi) is 10.5. The quantitative estimate of drug-likeness (QED) is 0.189. The van der Waals surface area contributed by atoms with Gasteiger partial charge in [-0.3, -0.25) is 23.6 Å². The normalized spacial score (nSPS) is 15.0. The first-order valence-electron chi connectivity index (χ1n) is 13.8. The van der Waals surface area contributed by atoms with E-state index in [0.29, 0.717) is 18.1 Å². The maximum atomic E-state index is 13.4. The Hall–Kier alpha value is -3.28. The van der Waals surface area contributed by atoms with Gasteiger partial charge in [-0.15, -0.1) is 11.3 Å². The number of ether oxygens (including phenoxy) is 1. The lowest BCUT2D eigenvalue weighted by atomic mass is 10.1. The Labute approximate surface area is 247 Å². The number of nitrogens with zero attached hydrogens (tertiary/aromatic N) is 2. The molecule has 220 valence electrons. The zero-order chi connectivity index (χ0) is 29.4. The molecule has 0 saturated heterocycles. The highest BCUT2D eigenvalue weighted by atomic mass is 32.2. The van der Waals surface area contributed by atoms with E-state index in [-0.39, 0.29) is 12.3 Å². The van der Waals surface area contributed by atoms with E-state index in [1.54, 1.807) is 44.2 Å². The van der Waals surface area contributed by atoms with E-state index < -0.39 is 28.9 Å². The summed E-state index contributed by atoms with van der Waals surface area (Å²) in [6, 6.07) is 15.9. The van der Waals surface area contributed by atoms with Crippen LogP contribution in [0.5, 0.6) is 0 Å². The fourth-order valence-corrected chi connectivity index (χ4v) is 6.32. The van der Waals surface area contributed by atoms with Crippen molar-refractivity contribution in [3.8, 4) is 0 Å². The van der Waals surface area contributed by atoms with Gasteiger partial charge in [0.2, 0.25) is 5.91 Å². The van der Waals surface area contributed by atoms with Gasteiger partial charge in [-0.25, -0.2) is 4.79 Å². The second-order valence-electron chi connectivity index (χ2n) is 11.0. The van der Waals surface area contributed by atoms with Gasteiger partial charge in [0, 0.05) is 52.6 Å². The summed E-state index contributed by atoms with van der Waals surface area (Å²) < 4.78 is 31.9. The number of benzene rings is 2. The number of aliphatic imine (C=N–C) groups is 1. The molecular formula is C30H37N4O5S2-. The molecule has 0 fully saturated rings. The lowest BCUT2D eigenvalue weighted by Gasteiger charge is -2.34. The van der Waals surface area contributed by atoms with Crippen LogP contribution in [0.4, 0.5) is 5.69 Å². The second-order valence-corrected chi connectivity index (χ2v) is 13.0. The van der Waals surface area contributed by atoms with Crippen LogP contribution in [0.3, 0.4) is 0 Å². The number of fused-ring (bicyclic) bond motifs is 1. The molecule has 1 amide bonds. The SMILES string of the molecule is CC(C)(C)OC(=O)C(Cc1ccc(CCCCC(=O)NC2=NCCCN2)s1)N(c1ccc2ccccc2c1)S(=O)[O-]. The fraction of sp³-hybridized carbons (Fsp3) is 0.433. The molecule has 11 heteroatoms. The van der Waals surface area contributed by atoms with Gasteiger partial charge in [0.05, 0.1) is 0 Å². The van der Waals surface area contributed by atoms with Crippen LogP contribution in [0.1, 0.15) is 56.2 Å². The Morgan fingerprint density at radius 2 is 1.88 bits per heavy atom. The number of carbonyl (C=O) groups excluding carboxylic acids is 2. The van der Waals surface area contributed by atoms with E-state index >= 15 is 0 Å². The van der Waals surface area contributed by atoms with E-state index in [1.807, 2.05) is 42.5 Å². The monoisotopic (exact) mass is 597 g/mol. The van der Waals surface area contributed by atoms with Gasteiger partial charge in [-0.1, -0.05) is 30.3 Å². The molecule has 2 aromatic carbocycles. The third kappa shape index (κ3) is 9.11. The lowest BCUT2D eigenvalue weighted by molar-refractivity contribution is -0.156. The number of guanidine groups is 1. The van der Waals surface area contributed by atoms with E-state index in [9.17, 15) is 18.4 Å². The Morgan fingerprint density at radius 3 is 2.59 bits per heavy atom. The average Bonchev–Trinajstić information content (AvgIpc) is 3.37. The van der Waals surface area contributed by atoms with Crippen molar-refractivity contribution in [3.05, 3.63) is 64.4 Å². The van der Waals surface area contributed by atoms with Crippen LogP contribution in [0, 0.1) is 0 Å². The summed E-state index contributed by atoms with van der Waals surface area (Å²) in [5, 5.41) is 7.75. The predicted molar refractivity (Wildman–Crippen MR) is 164 cm³/mol. The van der Waals surface area contributed by atoms with E-state index in [1.165, 1.54) is 0 Å². The minimum atomic E-state index is -2.72. The third-order valence-electron chi connectivity index (χ3n) is 6.45. The lowest BCUT2D eigenvalue weighted by Crippen LogP contribution is -2.46. The molecule has 1 aromatic heterocycles. The molecule has 2 heterocycles. The number of nitrogens with one attached hydrogen (secondary N) is 2. The molecule has 4 rings (SSSR count). The summed E-state index contributed by atoms with van der Waals surface area (Å²) >= 11 is -1.17. The highest BCUT2D eigenvalue weighted by molar-refractivity contribution is 7.80. The van der Waals surface area contributed by atoms with Crippen LogP contribution in [0.15, 0.2) is 59.6 Å². The van der Waals surface area contributed by atoms with Gasteiger partial charge < -0.3 is 14.6 Å². The Bertz CT molecular complexity index is 1420. The Balaban J connectivity index is 1.43. The topological polar surface area (TPSA) is 123 Å². The number of carbonyl (C=O) groups is 2. The molecule has 3 aromatic rings. The number of rotatable bonds is 11. The van der Waals surface area contributed by atoms with Crippen LogP contribution < -0.4 is 14.9 Å². The molecule has 0 aliphatic carbocycles. The first-order chi connectivity index (χ1) is 19.6. The van der Waals surface area contributed by atoms with Gasteiger partial charge in [0.25, 0.3) is 0 Å². The number of amides is 1. The molecule has 41 heavy (non-hydrogen) atoms. The third-order valence-corrected chi connectivity index (χ3v) is 8.41. The molecule has 2 atom stereocenters. The van der Waals surface area contributed by atoms with Crippen molar-refractivity contribution < 1.29 is 23.1 Å². The molecule has 1 aliphatic heterocycles. The van der Waals surface area contributed by atoms with Crippen LogP contribution in [-0.2, 0) is 38.4 Å². The van der Waals surface area contributed by atoms with Crippen molar-refractivity contribution in [1.29, 1.82) is 0 Å². The zero-order valence-corrected chi connectivity index (χ0v) is 25.3. The van der Waals surface area contributed by atoms with Crippen LogP contribution in [0.25, 0.3) is 10.8 Å². The van der Waals surface area contributed by atoms with E-state index in [4.69, 9.17) is 4.74 Å². The van der Waals surface area contributed by atoms with Gasteiger partial charge in [0.15, 0.2) is 5.96 Å². The predicted octanol–water partition coefficient (Wildman–Crippen LogP) is 4.63. The Morgan fingerprint density at radius 1 is 1.12 bits per heavy atom. The maximum absolute atomic E-state index is 13.4. The average molecular weight is 598 g/mol. The van der Waals surface area contributed by atoms with Gasteiger partial charge >= 0.3 is 5.97 Å². The van der Waals surface area contributed by atoms with Crippen molar-refractivity contribution in [2.75, 3.05) is 17.4 Å². The molecule has 0 saturated carbocycles. The fourth-order valence-electron chi connectivity index (χ4n) is 4.57. The highest BCUT2D eigenvalue weighted by Crippen LogP contribution is 2.29. The maximum Gasteiger partial charge on any atom is 0.330 e. The first-order valence-corrected chi connectivity index (χ1v) is 15.7.